The van der Waals surface area contributed by atoms with E-state index in [1.165, 1.54) is 0 Å². The zero-order valence-corrected chi connectivity index (χ0v) is 21.4. The molecule has 2 aromatic rings. The van der Waals surface area contributed by atoms with E-state index in [1.54, 1.807) is 11.0 Å². The molecule has 4 rings (SSSR count). The van der Waals surface area contributed by atoms with Crippen molar-refractivity contribution >= 4 is 43.1 Å². The topological polar surface area (TPSA) is 90.1 Å². The van der Waals surface area contributed by atoms with Crippen LogP contribution >= 0.6 is 11.6 Å². The van der Waals surface area contributed by atoms with Gasteiger partial charge in [0.25, 0.3) is 0 Å². The number of benzene rings is 1. The monoisotopic (exact) mass is 473 g/mol. The Balaban J connectivity index is 1.55. The minimum Gasteiger partial charge on any atom is -0.309 e. The van der Waals surface area contributed by atoms with E-state index in [0.29, 0.717) is 23.1 Å². The molecule has 1 aliphatic carbocycles. The molecule has 2 aliphatic rings. The number of amides is 3. The van der Waals surface area contributed by atoms with Crippen molar-refractivity contribution in [3.8, 4) is 0 Å². The Kier molecular flexibility index (Phi) is 5.45. The molecule has 0 saturated heterocycles. The fourth-order valence-electron chi connectivity index (χ4n) is 4.94. The van der Waals surface area contributed by atoms with E-state index in [9.17, 15) is 9.59 Å². The summed E-state index contributed by atoms with van der Waals surface area (Å²) in [6.07, 6.45) is 2.98. The van der Waals surface area contributed by atoms with Gasteiger partial charge in [-0.1, -0.05) is 43.7 Å². The maximum atomic E-state index is 13.3. The van der Waals surface area contributed by atoms with E-state index < -0.39 is 13.6 Å². The standard InChI is InChI=1S/C23H32ClN5O2Si/c1-14-8-9-16(24)17(12-14)25-21(31)29-13-15-18(22(29,2)3)27-28-19(15)26-20(30)23(10-7-11-23)32(4,5)6/h8-9,12H,7,10-11,13H2,1-6H3,(H,25,31)(H2,26,27,28,30). The Morgan fingerprint density at radius 1 is 1.19 bits per heavy atom. The van der Waals surface area contributed by atoms with Gasteiger partial charge in [0.15, 0.2) is 5.82 Å². The summed E-state index contributed by atoms with van der Waals surface area (Å²) in [4.78, 5) is 28.2. The summed E-state index contributed by atoms with van der Waals surface area (Å²) in [5.41, 5.74) is 2.68. The average Bonchev–Trinajstić information content (AvgIpc) is 3.14. The van der Waals surface area contributed by atoms with Crippen LogP contribution in [-0.2, 0) is 16.9 Å². The average molecular weight is 474 g/mol. The maximum absolute atomic E-state index is 13.3. The summed E-state index contributed by atoms with van der Waals surface area (Å²) in [6.45, 7) is 13.0. The maximum Gasteiger partial charge on any atom is 0.322 e. The summed E-state index contributed by atoms with van der Waals surface area (Å²) in [5.74, 6) is 0.607. The van der Waals surface area contributed by atoms with Crippen LogP contribution in [0.4, 0.5) is 16.3 Å². The number of aromatic amines is 1. The number of urea groups is 1. The molecule has 0 atom stereocenters. The summed E-state index contributed by atoms with van der Waals surface area (Å²) in [6, 6.07) is 5.28. The van der Waals surface area contributed by atoms with Gasteiger partial charge in [-0.3, -0.25) is 9.89 Å². The van der Waals surface area contributed by atoms with E-state index in [4.69, 9.17) is 11.6 Å². The summed E-state index contributed by atoms with van der Waals surface area (Å²) in [5, 5.41) is 13.8. The first-order chi connectivity index (χ1) is 14.9. The second-order valence-corrected chi connectivity index (χ2v) is 16.5. The molecule has 2 heterocycles. The lowest BCUT2D eigenvalue weighted by Gasteiger charge is -2.48. The molecule has 0 radical (unpaired) electrons. The first-order valence-electron chi connectivity index (χ1n) is 11.1. The molecule has 3 amide bonds. The number of hydrogen-bond acceptors (Lipinski definition) is 3. The minimum absolute atomic E-state index is 0.0736. The van der Waals surface area contributed by atoms with Crippen LogP contribution in [0.1, 0.15) is 49.9 Å². The zero-order valence-electron chi connectivity index (χ0n) is 19.6. The van der Waals surface area contributed by atoms with Gasteiger partial charge in [0.2, 0.25) is 5.91 Å². The minimum atomic E-state index is -1.70. The highest BCUT2D eigenvalue weighted by Crippen LogP contribution is 2.56. The van der Waals surface area contributed by atoms with Crippen molar-refractivity contribution in [1.82, 2.24) is 15.1 Å². The molecule has 1 aromatic heterocycles. The Hall–Kier alpha value is -2.32. The van der Waals surface area contributed by atoms with Crippen LogP contribution < -0.4 is 10.6 Å². The highest BCUT2D eigenvalue weighted by atomic mass is 35.5. The van der Waals surface area contributed by atoms with Crippen molar-refractivity contribution in [3.05, 3.63) is 40.0 Å². The number of rotatable bonds is 4. The molecule has 0 unspecified atom stereocenters. The lowest BCUT2D eigenvalue weighted by atomic mass is 9.83. The normalized spacial score (nSPS) is 18.7. The van der Waals surface area contributed by atoms with Gasteiger partial charge in [0.05, 0.1) is 36.6 Å². The molecule has 1 saturated carbocycles. The largest absolute Gasteiger partial charge is 0.322 e. The van der Waals surface area contributed by atoms with Gasteiger partial charge in [-0.05, 0) is 51.3 Å². The van der Waals surface area contributed by atoms with Gasteiger partial charge in [-0.25, -0.2) is 4.79 Å². The summed E-state index contributed by atoms with van der Waals surface area (Å²) in [7, 11) is -1.70. The second-order valence-electron chi connectivity index (χ2n) is 10.6. The number of hydrogen-bond donors (Lipinski definition) is 3. The van der Waals surface area contributed by atoms with Crippen LogP contribution in [0.15, 0.2) is 18.2 Å². The number of nitrogens with one attached hydrogen (secondary N) is 3. The molecule has 9 heteroatoms. The van der Waals surface area contributed by atoms with Crippen LogP contribution in [0.2, 0.25) is 29.7 Å². The van der Waals surface area contributed by atoms with Crippen molar-refractivity contribution in [2.24, 2.45) is 0 Å². The molecule has 7 nitrogen and oxygen atoms in total. The van der Waals surface area contributed by atoms with Crippen LogP contribution in [0, 0.1) is 6.92 Å². The third-order valence-corrected chi connectivity index (χ3v) is 11.3. The van der Waals surface area contributed by atoms with Crippen molar-refractivity contribution in [2.45, 2.75) is 76.8 Å². The number of H-pyrrole nitrogens is 1. The number of nitrogens with zero attached hydrogens (tertiary/aromatic N) is 2. The lowest BCUT2D eigenvalue weighted by molar-refractivity contribution is -0.121. The SMILES string of the molecule is Cc1ccc(Cl)c(NC(=O)N2Cc3c(NC(=O)C4([Si](C)(C)C)CCC4)n[nH]c3C2(C)C)c1. The number of carbonyl (C=O) groups is 2. The predicted octanol–water partition coefficient (Wildman–Crippen LogP) is 5.86. The molecular formula is C23H32ClN5O2Si. The molecule has 1 aliphatic heterocycles. The van der Waals surface area contributed by atoms with Crippen LogP contribution in [0.5, 0.6) is 0 Å². The number of aryl methyl sites for hydroxylation is 1. The van der Waals surface area contributed by atoms with Gasteiger partial charge in [-0.15, -0.1) is 0 Å². The Morgan fingerprint density at radius 3 is 2.47 bits per heavy atom. The van der Waals surface area contributed by atoms with Gasteiger partial charge in [-0.2, -0.15) is 5.10 Å². The highest BCUT2D eigenvalue weighted by Gasteiger charge is 2.54. The molecule has 1 fully saturated rings. The summed E-state index contributed by atoms with van der Waals surface area (Å²) < 4.78 is 0. The molecule has 3 N–H and O–H groups in total. The number of halogens is 1. The Bertz CT molecular complexity index is 1080. The first kappa shape index (κ1) is 22.9. The third-order valence-electron chi connectivity index (χ3n) is 7.39. The van der Waals surface area contributed by atoms with Crippen molar-refractivity contribution < 1.29 is 9.59 Å². The molecule has 0 spiro atoms. The van der Waals surface area contributed by atoms with Gasteiger partial charge >= 0.3 is 6.03 Å². The molecule has 1 aromatic carbocycles. The van der Waals surface area contributed by atoms with E-state index in [-0.39, 0.29) is 17.0 Å². The molecular weight excluding hydrogens is 442 g/mol. The van der Waals surface area contributed by atoms with Gasteiger partial charge < -0.3 is 15.5 Å². The first-order valence-corrected chi connectivity index (χ1v) is 15.0. The van der Waals surface area contributed by atoms with E-state index in [1.807, 2.05) is 32.9 Å². The number of fused-ring (bicyclic) bond motifs is 1. The third kappa shape index (κ3) is 3.53. The Labute approximate surface area is 195 Å². The number of aromatic nitrogens is 2. The second kappa shape index (κ2) is 7.62. The van der Waals surface area contributed by atoms with E-state index in [2.05, 4.69) is 40.5 Å². The van der Waals surface area contributed by atoms with Crippen molar-refractivity contribution in [3.63, 3.8) is 0 Å². The Morgan fingerprint density at radius 2 is 1.88 bits per heavy atom. The van der Waals surface area contributed by atoms with Crippen molar-refractivity contribution in [1.29, 1.82) is 0 Å². The van der Waals surface area contributed by atoms with Gasteiger partial charge in [0.1, 0.15) is 0 Å². The van der Waals surface area contributed by atoms with E-state index in [0.717, 1.165) is 36.1 Å². The lowest BCUT2D eigenvalue weighted by Crippen LogP contribution is -2.52. The van der Waals surface area contributed by atoms with E-state index >= 15 is 0 Å². The highest BCUT2D eigenvalue weighted by molar-refractivity contribution is 6.83. The fourth-order valence-corrected chi connectivity index (χ4v) is 7.70. The smallest absolute Gasteiger partial charge is 0.309 e. The predicted molar refractivity (Wildman–Crippen MR) is 131 cm³/mol. The molecule has 32 heavy (non-hydrogen) atoms. The number of anilines is 2. The molecule has 0 bridgehead atoms. The fraction of sp³-hybridized carbons (Fsp3) is 0.522. The molecule has 172 valence electrons. The van der Waals surface area contributed by atoms with Crippen molar-refractivity contribution in [2.75, 3.05) is 10.6 Å². The van der Waals surface area contributed by atoms with Crippen LogP contribution in [0.25, 0.3) is 0 Å². The quantitative estimate of drug-likeness (QED) is 0.486. The summed E-state index contributed by atoms with van der Waals surface area (Å²) >= 11 is 6.27. The number of carbonyl (C=O) groups excluding carboxylic acids is 2. The van der Waals surface area contributed by atoms with Gasteiger partial charge in [0, 0.05) is 10.6 Å². The van der Waals surface area contributed by atoms with Crippen LogP contribution in [-0.4, -0.2) is 35.1 Å². The van der Waals surface area contributed by atoms with Crippen LogP contribution in [0.3, 0.4) is 0 Å². The zero-order chi connectivity index (χ0) is 23.5.